The SMILES string of the molecule is CCCCCc1cc2c3c(c1)N(c1c(-c4ccccc4)cccc1-c1ccccc1)c1ccc(-c4ccccc4)cc1B3c1ccc(-n3c4ccccc4c4ccccc43)cc1N2c1ccccc1C1=CCCC=C1. The van der Waals surface area contributed by atoms with Crippen LogP contribution < -0.4 is 26.2 Å². The molecule has 3 nitrogen and oxygen atoms in total. The second-order valence-electron chi connectivity index (χ2n) is 20.5. The van der Waals surface area contributed by atoms with Gasteiger partial charge in [0.15, 0.2) is 0 Å². The van der Waals surface area contributed by atoms with Gasteiger partial charge >= 0.3 is 0 Å². The molecule has 0 saturated carbocycles. The quantitative estimate of drug-likeness (QED) is 0.0945. The van der Waals surface area contributed by atoms with Crippen molar-refractivity contribution in [2.45, 2.75) is 45.4 Å². The Morgan fingerprint density at radius 1 is 0.427 bits per heavy atom. The predicted molar refractivity (Wildman–Crippen MR) is 321 cm³/mol. The summed E-state index contributed by atoms with van der Waals surface area (Å²) in [5, 5.41) is 2.52. The van der Waals surface area contributed by atoms with Crippen molar-refractivity contribution in [2.24, 2.45) is 0 Å². The first-order valence-corrected chi connectivity index (χ1v) is 27.0. The third-order valence-corrected chi connectivity index (χ3v) is 16.0. The molecule has 3 aliphatic rings. The third kappa shape index (κ3) is 7.58. The molecule has 4 heteroatoms. The number of aryl methyl sites for hydroxylation is 1. The first kappa shape index (κ1) is 44.8. The first-order valence-electron chi connectivity index (χ1n) is 27.0. The van der Waals surface area contributed by atoms with Gasteiger partial charge in [0.25, 0.3) is 6.71 Å². The highest BCUT2D eigenvalue weighted by Gasteiger charge is 2.45. The second-order valence-corrected chi connectivity index (χ2v) is 20.5. The maximum Gasteiger partial charge on any atom is 0.252 e. The van der Waals surface area contributed by atoms with Crippen molar-refractivity contribution < 1.29 is 0 Å². The van der Waals surface area contributed by atoms with Gasteiger partial charge in [-0.2, -0.15) is 0 Å². The van der Waals surface area contributed by atoms with Gasteiger partial charge in [-0.15, -0.1) is 0 Å². The molecule has 0 atom stereocenters. The maximum absolute atomic E-state index is 2.67. The molecular formula is C71H56BN3. The van der Waals surface area contributed by atoms with Gasteiger partial charge in [0, 0.05) is 55.9 Å². The van der Waals surface area contributed by atoms with Gasteiger partial charge < -0.3 is 14.4 Å². The largest absolute Gasteiger partial charge is 0.311 e. The molecule has 0 N–H and O–H groups in total. The van der Waals surface area contributed by atoms with Gasteiger partial charge in [-0.3, -0.25) is 0 Å². The number of unbranched alkanes of at least 4 members (excludes halogenated alkanes) is 2. The van der Waals surface area contributed by atoms with E-state index in [0.717, 1.165) is 37.8 Å². The van der Waals surface area contributed by atoms with E-state index in [2.05, 4.69) is 270 Å². The Morgan fingerprint density at radius 2 is 1.04 bits per heavy atom. The molecule has 10 aromatic carbocycles. The molecule has 1 aliphatic carbocycles. The minimum absolute atomic E-state index is 0.0851. The number of nitrogens with zero attached hydrogens (tertiary/aromatic N) is 3. The molecule has 0 unspecified atom stereocenters. The van der Waals surface area contributed by atoms with Crippen LogP contribution in [-0.2, 0) is 6.42 Å². The van der Waals surface area contributed by atoms with Gasteiger partial charge in [-0.05, 0) is 124 Å². The lowest BCUT2D eigenvalue weighted by Crippen LogP contribution is -2.61. The molecule has 0 bridgehead atoms. The minimum Gasteiger partial charge on any atom is -0.311 e. The van der Waals surface area contributed by atoms with E-state index in [0.29, 0.717) is 0 Å². The van der Waals surface area contributed by atoms with Crippen LogP contribution in [-0.4, -0.2) is 11.3 Å². The van der Waals surface area contributed by atoms with E-state index in [9.17, 15) is 0 Å². The Kier molecular flexibility index (Phi) is 11.3. The average Bonchev–Trinajstić information content (AvgIpc) is 3.82. The van der Waals surface area contributed by atoms with E-state index in [1.807, 2.05) is 0 Å². The van der Waals surface area contributed by atoms with Crippen LogP contribution in [0.2, 0.25) is 0 Å². The molecule has 11 aromatic rings. The van der Waals surface area contributed by atoms with Crippen LogP contribution in [0, 0.1) is 0 Å². The number of benzene rings is 10. The minimum atomic E-state index is -0.0851. The summed E-state index contributed by atoms with van der Waals surface area (Å²) in [6, 6.07) is 86.7. The van der Waals surface area contributed by atoms with Crippen molar-refractivity contribution in [2.75, 3.05) is 9.80 Å². The fraction of sp³-hybridized carbons (Fsp3) is 0.0986. The normalized spacial score (nSPS) is 13.5. The number of hydrogen-bond donors (Lipinski definition) is 0. The Balaban J connectivity index is 1.12. The van der Waals surface area contributed by atoms with E-state index in [4.69, 9.17) is 0 Å². The molecule has 0 spiro atoms. The second kappa shape index (κ2) is 18.9. The van der Waals surface area contributed by atoms with Crippen LogP contribution in [0.1, 0.15) is 50.2 Å². The number of anilines is 6. The predicted octanol–water partition coefficient (Wildman–Crippen LogP) is 17.3. The van der Waals surface area contributed by atoms with Crippen molar-refractivity contribution in [1.82, 2.24) is 4.57 Å². The lowest BCUT2D eigenvalue weighted by molar-refractivity contribution is 0.717. The number of para-hydroxylation sites is 4. The van der Waals surface area contributed by atoms with Gasteiger partial charge in [0.1, 0.15) is 0 Å². The monoisotopic (exact) mass is 961 g/mol. The third-order valence-electron chi connectivity index (χ3n) is 16.0. The lowest BCUT2D eigenvalue weighted by atomic mass is 9.33. The van der Waals surface area contributed by atoms with E-state index >= 15 is 0 Å². The summed E-state index contributed by atoms with van der Waals surface area (Å²) in [7, 11) is 0. The highest BCUT2D eigenvalue weighted by atomic mass is 15.2. The van der Waals surface area contributed by atoms with Crippen molar-refractivity contribution in [3.63, 3.8) is 0 Å². The molecule has 0 amide bonds. The van der Waals surface area contributed by atoms with E-state index in [1.54, 1.807) is 0 Å². The molecule has 75 heavy (non-hydrogen) atoms. The Bertz CT molecular complexity index is 3930. The van der Waals surface area contributed by atoms with Crippen LogP contribution in [0.4, 0.5) is 34.1 Å². The van der Waals surface area contributed by atoms with Crippen molar-refractivity contribution in [1.29, 1.82) is 0 Å². The average molecular weight is 962 g/mol. The molecule has 14 rings (SSSR count). The number of allylic oxidation sites excluding steroid dienone is 4. The standard InChI is InChI=1S/C71H56BN3/c1-2-3-8-24-49-45-68-70-69(46-49)75(71-57(52-29-13-6-14-30-52)36-23-37-58(71)53-31-15-7-16-32-53)66-44-41-54(50-25-9-4-10-26-50)47-62(66)72(70)61-43-42-55(73-64-39-21-18-34-59(64)60-35-19-22-40-65(60)73)48-67(61)74(68)63-38-20-17-33-56(63)51-27-11-5-12-28-51/h4,6-7,9-11,13-23,25-48H,2-3,5,8,12,24H2,1H3. The van der Waals surface area contributed by atoms with E-state index < -0.39 is 0 Å². The number of aromatic nitrogens is 1. The number of rotatable bonds is 11. The molecule has 3 heterocycles. The van der Waals surface area contributed by atoms with Crippen LogP contribution in [0.3, 0.4) is 0 Å². The van der Waals surface area contributed by atoms with Crippen molar-refractivity contribution in [3.05, 3.63) is 260 Å². The zero-order chi connectivity index (χ0) is 49.8. The Morgan fingerprint density at radius 3 is 1.71 bits per heavy atom. The molecular weight excluding hydrogens is 906 g/mol. The smallest absolute Gasteiger partial charge is 0.252 e. The molecule has 0 fully saturated rings. The summed E-state index contributed by atoms with van der Waals surface area (Å²) in [6.07, 6.45) is 13.7. The highest BCUT2D eigenvalue weighted by molar-refractivity contribution is 7.00. The van der Waals surface area contributed by atoms with Gasteiger partial charge in [0.05, 0.1) is 22.4 Å². The fourth-order valence-corrected chi connectivity index (χ4v) is 12.6. The van der Waals surface area contributed by atoms with Gasteiger partial charge in [-0.1, -0.05) is 220 Å². The summed E-state index contributed by atoms with van der Waals surface area (Å²) in [6.45, 7) is 2.23. The van der Waals surface area contributed by atoms with Crippen LogP contribution in [0.25, 0.3) is 66.4 Å². The Labute approximate surface area is 441 Å². The lowest BCUT2D eigenvalue weighted by Gasteiger charge is -2.45. The first-order chi connectivity index (χ1) is 37.2. The summed E-state index contributed by atoms with van der Waals surface area (Å²) >= 11 is 0. The molecule has 0 radical (unpaired) electrons. The zero-order valence-corrected chi connectivity index (χ0v) is 42.3. The van der Waals surface area contributed by atoms with Crippen molar-refractivity contribution in [3.8, 4) is 39.1 Å². The van der Waals surface area contributed by atoms with Crippen LogP contribution in [0.15, 0.2) is 249 Å². The van der Waals surface area contributed by atoms with E-state index in [-0.39, 0.29) is 6.71 Å². The van der Waals surface area contributed by atoms with Gasteiger partial charge in [0.2, 0.25) is 0 Å². The summed E-state index contributed by atoms with van der Waals surface area (Å²) in [5.74, 6) is 0. The zero-order valence-electron chi connectivity index (χ0n) is 42.3. The number of fused-ring (bicyclic) bond motifs is 7. The topological polar surface area (TPSA) is 11.4 Å². The summed E-state index contributed by atoms with van der Waals surface area (Å²) in [4.78, 5) is 5.33. The Hall–Kier alpha value is -8.86. The van der Waals surface area contributed by atoms with Crippen LogP contribution >= 0.6 is 0 Å². The molecule has 1 aromatic heterocycles. The fourth-order valence-electron chi connectivity index (χ4n) is 12.6. The molecule has 358 valence electrons. The molecule has 0 saturated heterocycles. The van der Waals surface area contributed by atoms with Gasteiger partial charge in [-0.25, -0.2) is 0 Å². The van der Waals surface area contributed by atoms with E-state index in [1.165, 1.54) is 129 Å². The van der Waals surface area contributed by atoms with Crippen LogP contribution in [0.5, 0.6) is 0 Å². The van der Waals surface area contributed by atoms with Crippen molar-refractivity contribution >= 4 is 84.6 Å². The number of hydrogen-bond acceptors (Lipinski definition) is 2. The molecule has 2 aliphatic heterocycles. The summed E-state index contributed by atoms with van der Waals surface area (Å²) in [5.41, 5.74) is 25.8. The highest BCUT2D eigenvalue weighted by Crippen LogP contribution is 2.51. The maximum atomic E-state index is 2.67. The summed E-state index contributed by atoms with van der Waals surface area (Å²) < 4.78 is 2.49.